The monoisotopic (exact) mass is 288 g/mol. The number of hydrogen-bond donors (Lipinski definition) is 3. The fourth-order valence-electron chi connectivity index (χ4n) is 1.89. The van der Waals surface area contributed by atoms with E-state index in [-0.39, 0.29) is 11.7 Å². The number of nitrogens with zero attached hydrogens (tertiary/aromatic N) is 2. The molecule has 6 heteroatoms. The smallest absolute Gasteiger partial charge is 0.170 e. The molecule has 1 heterocycles. The second-order valence-electron chi connectivity index (χ2n) is 4.54. The maximum atomic E-state index is 13.9. The van der Waals surface area contributed by atoms with Gasteiger partial charge in [0.25, 0.3) is 0 Å². The van der Waals surface area contributed by atoms with E-state index in [2.05, 4.69) is 15.5 Å². The Bertz CT molecular complexity index is 616. The summed E-state index contributed by atoms with van der Waals surface area (Å²) in [4.78, 5) is 4.22. The fourth-order valence-corrected chi connectivity index (χ4v) is 1.89. The van der Waals surface area contributed by atoms with Crippen LogP contribution in [0.15, 0.2) is 47.8 Å². The van der Waals surface area contributed by atoms with E-state index in [4.69, 9.17) is 10.9 Å². The first-order valence-electron chi connectivity index (χ1n) is 6.57. The highest BCUT2D eigenvalue weighted by molar-refractivity contribution is 5.97. The Morgan fingerprint density at radius 2 is 2.19 bits per heavy atom. The lowest BCUT2D eigenvalue weighted by atomic mass is 10.1. The number of nitrogens with two attached hydrogens (primary N) is 1. The highest BCUT2D eigenvalue weighted by Gasteiger charge is 2.06. The molecule has 0 amide bonds. The van der Waals surface area contributed by atoms with Crippen molar-refractivity contribution in [1.82, 2.24) is 10.3 Å². The minimum absolute atomic E-state index is 0.108. The standard InChI is InChI=1S/C15H17FN4O/c16-14-9-11(15(17)20-21)4-5-12(14)10-18-8-6-13-3-1-2-7-19-13/h1-5,7,9,18,21H,6,8,10H2,(H2,17,20). The van der Waals surface area contributed by atoms with Gasteiger partial charge in [0, 0.05) is 42.5 Å². The van der Waals surface area contributed by atoms with E-state index in [0.29, 0.717) is 24.2 Å². The van der Waals surface area contributed by atoms with Crippen molar-refractivity contribution in [3.63, 3.8) is 0 Å². The number of aromatic nitrogens is 1. The van der Waals surface area contributed by atoms with Gasteiger partial charge in [-0.2, -0.15) is 0 Å². The average molecular weight is 288 g/mol. The molecule has 110 valence electrons. The zero-order chi connectivity index (χ0) is 15.1. The molecule has 2 rings (SSSR count). The molecule has 0 unspecified atom stereocenters. The number of nitrogens with one attached hydrogen (secondary N) is 1. The maximum Gasteiger partial charge on any atom is 0.170 e. The Morgan fingerprint density at radius 1 is 1.33 bits per heavy atom. The van der Waals surface area contributed by atoms with Crippen LogP contribution in [0.4, 0.5) is 4.39 Å². The van der Waals surface area contributed by atoms with Crippen LogP contribution >= 0.6 is 0 Å². The summed E-state index contributed by atoms with van der Waals surface area (Å²) >= 11 is 0. The highest BCUT2D eigenvalue weighted by Crippen LogP contribution is 2.10. The van der Waals surface area contributed by atoms with Gasteiger partial charge in [0.2, 0.25) is 0 Å². The molecule has 0 radical (unpaired) electrons. The minimum Gasteiger partial charge on any atom is -0.409 e. The first-order valence-corrected chi connectivity index (χ1v) is 6.57. The van der Waals surface area contributed by atoms with Crippen LogP contribution in [0.3, 0.4) is 0 Å². The number of benzene rings is 1. The van der Waals surface area contributed by atoms with Gasteiger partial charge < -0.3 is 16.3 Å². The molecule has 1 aromatic carbocycles. The van der Waals surface area contributed by atoms with E-state index in [9.17, 15) is 4.39 Å². The molecule has 21 heavy (non-hydrogen) atoms. The summed E-state index contributed by atoms with van der Waals surface area (Å²) in [5.74, 6) is -0.493. The first-order chi connectivity index (χ1) is 10.2. The number of rotatable bonds is 6. The molecule has 2 aromatic rings. The van der Waals surface area contributed by atoms with Gasteiger partial charge >= 0.3 is 0 Å². The molecule has 0 aliphatic rings. The average Bonchev–Trinajstić information content (AvgIpc) is 2.53. The minimum atomic E-state index is -0.385. The predicted molar refractivity (Wildman–Crippen MR) is 78.6 cm³/mol. The zero-order valence-electron chi connectivity index (χ0n) is 11.5. The van der Waals surface area contributed by atoms with Crippen LogP contribution in [0.2, 0.25) is 0 Å². The van der Waals surface area contributed by atoms with Gasteiger partial charge in [-0.1, -0.05) is 23.4 Å². The Hall–Kier alpha value is -2.47. The van der Waals surface area contributed by atoms with Crippen LogP contribution in [0.1, 0.15) is 16.8 Å². The largest absolute Gasteiger partial charge is 0.409 e. The van der Waals surface area contributed by atoms with Crippen molar-refractivity contribution in [3.05, 3.63) is 65.2 Å². The molecular formula is C15H17FN4O. The summed E-state index contributed by atoms with van der Waals surface area (Å²) in [6, 6.07) is 10.3. The van der Waals surface area contributed by atoms with E-state index >= 15 is 0 Å². The van der Waals surface area contributed by atoms with Crippen LogP contribution < -0.4 is 11.1 Å². The van der Waals surface area contributed by atoms with Crippen LogP contribution in [-0.4, -0.2) is 22.6 Å². The fraction of sp³-hybridized carbons (Fsp3) is 0.200. The molecule has 0 fully saturated rings. The summed E-state index contributed by atoms with van der Waals surface area (Å²) < 4.78 is 13.9. The van der Waals surface area contributed by atoms with Crippen LogP contribution in [-0.2, 0) is 13.0 Å². The SMILES string of the molecule is NC(=NO)c1ccc(CNCCc2ccccn2)c(F)c1. The predicted octanol–water partition coefficient (Wildman–Crippen LogP) is 1.65. The van der Waals surface area contributed by atoms with Gasteiger partial charge in [-0.15, -0.1) is 0 Å². The van der Waals surface area contributed by atoms with E-state index in [1.807, 2.05) is 18.2 Å². The van der Waals surface area contributed by atoms with Gasteiger partial charge in [-0.3, -0.25) is 4.98 Å². The Kier molecular flexibility index (Phi) is 5.22. The van der Waals surface area contributed by atoms with E-state index in [1.165, 1.54) is 6.07 Å². The summed E-state index contributed by atoms with van der Waals surface area (Å²) in [7, 11) is 0. The maximum absolute atomic E-state index is 13.9. The lowest BCUT2D eigenvalue weighted by molar-refractivity contribution is 0.318. The quantitative estimate of drug-likeness (QED) is 0.248. The normalized spacial score (nSPS) is 11.6. The van der Waals surface area contributed by atoms with Gasteiger partial charge in [0.1, 0.15) is 5.82 Å². The number of oxime groups is 1. The number of amidine groups is 1. The van der Waals surface area contributed by atoms with E-state index < -0.39 is 0 Å². The molecule has 0 saturated carbocycles. The van der Waals surface area contributed by atoms with Crippen LogP contribution in [0.25, 0.3) is 0 Å². The zero-order valence-corrected chi connectivity index (χ0v) is 11.5. The lowest BCUT2D eigenvalue weighted by Crippen LogP contribution is -2.18. The van der Waals surface area contributed by atoms with Gasteiger partial charge in [0.15, 0.2) is 5.84 Å². The summed E-state index contributed by atoms with van der Waals surface area (Å²) in [5.41, 5.74) is 7.29. The van der Waals surface area contributed by atoms with Crippen LogP contribution in [0.5, 0.6) is 0 Å². The summed E-state index contributed by atoms with van der Waals surface area (Å²) in [6.07, 6.45) is 2.53. The third kappa shape index (κ3) is 4.25. The molecule has 4 N–H and O–H groups in total. The van der Waals surface area contributed by atoms with Crippen molar-refractivity contribution in [3.8, 4) is 0 Å². The molecule has 0 saturated heterocycles. The number of hydrogen-bond acceptors (Lipinski definition) is 4. The summed E-state index contributed by atoms with van der Waals surface area (Å²) in [6.45, 7) is 1.12. The van der Waals surface area contributed by atoms with Crippen molar-refractivity contribution in [1.29, 1.82) is 0 Å². The molecular weight excluding hydrogens is 271 g/mol. The number of pyridine rings is 1. The van der Waals surface area contributed by atoms with Crippen molar-refractivity contribution < 1.29 is 9.60 Å². The summed E-state index contributed by atoms with van der Waals surface area (Å²) in [5, 5.41) is 14.6. The lowest BCUT2D eigenvalue weighted by Gasteiger charge is -2.07. The Balaban J connectivity index is 1.86. The molecule has 0 aliphatic heterocycles. The number of halogens is 1. The van der Waals surface area contributed by atoms with Gasteiger partial charge in [-0.25, -0.2) is 4.39 Å². The molecule has 5 nitrogen and oxygen atoms in total. The third-order valence-corrected chi connectivity index (χ3v) is 3.06. The molecule has 1 aromatic heterocycles. The first kappa shape index (κ1) is 14.9. The second kappa shape index (κ2) is 7.35. The van der Waals surface area contributed by atoms with Crippen molar-refractivity contribution in [2.75, 3.05) is 6.54 Å². The van der Waals surface area contributed by atoms with E-state index in [0.717, 1.165) is 12.1 Å². The molecule has 0 spiro atoms. The molecule has 0 atom stereocenters. The van der Waals surface area contributed by atoms with Crippen LogP contribution in [0, 0.1) is 5.82 Å². The van der Waals surface area contributed by atoms with Crippen molar-refractivity contribution in [2.45, 2.75) is 13.0 Å². The topological polar surface area (TPSA) is 83.5 Å². The Labute approximate surface area is 122 Å². The van der Waals surface area contributed by atoms with Gasteiger partial charge in [0.05, 0.1) is 0 Å². The second-order valence-corrected chi connectivity index (χ2v) is 4.54. The third-order valence-electron chi connectivity index (χ3n) is 3.06. The highest BCUT2D eigenvalue weighted by atomic mass is 19.1. The Morgan fingerprint density at radius 3 is 2.86 bits per heavy atom. The molecule has 0 aliphatic carbocycles. The van der Waals surface area contributed by atoms with E-state index in [1.54, 1.807) is 18.3 Å². The molecule has 0 bridgehead atoms. The van der Waals surface area contributed by atoms with Crippen molar-refractivity contribution in [2.24, 2.45) is 10.9 Å². The van der Waals surface area contributed by atoms with Gasteiger partial charge in [-0.05, 0) is 18.2 Å². The van der Waals surface area contributed by atoms with Crippen molar-refractivity contribution >= 4 is 5.84 Å².